The lowest BCUT2D eigenvalue weighted by Crippen LogP contribution is -2.28. The number of ether oxygens (including phenoxy) is 1. The van der Waals surface area contributed by atoms with E-state index >= 15 is 0 Å². The van der Waals surface area contributed by atoms with Crippen LogP contribution < -0.4 is 15.5 Å². The number of carbonyl (C=O) groups excluding carboxylic acids is 2. The first kappa shape index (κ1) is 21.8. The minimum absolute atomic E-state index is 0.183. The summed E-state index contributed by atoms with van der Waals surface area (Å²) < 4.78 is 5.77. The molecule has 31 heavy (non-hydrogen) atoms. The molecule has 3 rings (SSSR count). The largest absolute Gasteiger partial charge is 0.494 e. The van der Waals surface area contributed by atoms with Gasteiger partial charge in [0, 0.05) is 18.1 Å². The first-order chi connectivity index (χ1) is 15.2. The maximum absolute atomic E-state index is 12.5. The highest BCUT2D eigenvalue weighted by molar-refractivity contribution is 5.93. The lowest BCUT2D eigenvalue weighted by atomic mass is 10.0. The number of hydrogen-bond donors (Lipinski definition) is 3. The molecular formula is C25H24N2O4. The third-order valence-electron chi connectivity index (χ3n) is 4.64. The molecule has 0 radical (unpaired) electrons. The molecule has 1 atom stereocenters. The Kier molecular flexibility index (Phi) is 7.97. The van der Waals surface area contributed by atoms with E-state index in [1.807, 2.05) is 60.7 Å². The van der Waals surface area contributed by atoms with Crippen molar-refractivity contribution in [2.45, 2.75) is 12.5 Å². The van der Waals surface area contributed by atoms with Crippen LogP contribution in [-0.4, -0.2) is 23.6 Å². The van der Waals surface area contributed by atoms with Gasteiger partial charge < -0.3 is 10.1 Å². The van der Waals surface area contributed by atoms with Gasteiger partial charge in [0.2, 0.25) is 5.91 Å². The summed E-state index contributed by atoms with van der Waals surface area (Å²) >= 11 is 0. The van der Waals surface area contributed by atoms with Crippen molar-refractivity contribution in [3.63, 3.8) is 0 Å². The quantitative estimate of drug-likeness (QED) is 0.278. The zero-order chi connectivity index (χ0) is 21.9. The fourth-order valence-corrected chi connectivity index (χ4v) is 3.03. The second-order valence-corrected chi connectivity index (χ2v) is 6.82. The summed E-state index contributed by atoms with van der Waals surface area (Å²) in [5.74, 6) is -0.171. The van der Waals surface area contributed by atoms with Gasteiger partial charge in [-0.2, -0.15) is 0 Å². The predicted molar refractivity (Wildman–Crippen MR) is 119 cm³/mol. The molecule has 0 spiro atoms. The summed E-state index contributed by atoms with van der Waals surface area (Å²) in [6, 6.07) is 25.6. The van der Waals surface area contributed by atoms with Crippen LogP contribution in [0.3, 0.4) is 0 Å². The fourth-order valence-electron chi connectivity index (χ4n) is 3.03. The molecular weight excluding hydrogens is 392 g/mol. The van der Waals surface area contributed by atoms with Gasteiger partial charge in [-0.25, -0.2) is 5.48 Å². The topological polar surface area (TPSA) is 87.7 Å². The van der Waals surface area contributed by atoms with Crippen molar-refractivity contribution in [1.29, 1.82) is 0 Å². The Morgan fingerprint density at radius 2 is 1.55 bits per heavy atom. The van der Waals surface area contributed by atoms with Crippen molar-refractivity contribution in [2.24, 2.45) is 0 Å². The minimum atomic E-state index is -0.582. The monoisotopic (exact) mass is 416 g/mol. The Hall–Kier alpha value is -3.90. The summed E-state index contributed by atoms with van der Waals surface area (Å²) in [5.41, 5.74) is 3.86. The first-order valence-corrected chi connectivity index (χ1v) is 9.91. The molecule has 0 aliphatic heterocycles. The first-order valence-electron chi connectivity index (χ1n) is 9.91. The number of rotatable bonds is 9. The smallest absolute Gasteiger partial charge is 0.274 e. The number of hydrogen-bond acceptors (Lipinski definition) is 4. The van der Waals surface area contributed by atoms with Crippen molar-refractivity contribution in [3.8, 4) is 5.75 Å². The summed E-state index contributed by atoms with van der Waals surface area (Å²) in [7, 11) is 0. The van der Waals surface area contributed by atoms with Crippen LogP contribution in [-0.2, 0) is 4.79 Å². The van der Waals surface area contributed by atoms with Crippen LogP contribution in [0.1, 0.15) is 33.9 Å². The second-order valence-electron chi connectivity index (χ2n) is 6.82. The van der Waals surface area contributed by atoms with Gasteiger partial charge >= 0.3 is 0 Å². The van der Waals surface area contributed by atoms with Crippen molar-refractivity contribution in [3.05, 3.63) is 108 Å². The van der Waals surface area contributed by atoms with E-state index in [9.17, 15) is 9.59 Å². The fraction of sp³-hybridized carbons (Fsp3) is 0.120. The van der Waals surface area contributed by atoms with E-state index < -0.39 is 5.91 Å². The third-order valence-corrected chi connectivity index (χ3v) is 4.64. The number of nitrogens with one attached hydrogen (secondary N) is 2. The number of hydroxylamine groups is 1. The summed E-state index contributed by atoms with van der Waals surface area (Å²) in [5, 5.41) is 11.7. The molecule has 2 amide bonds. The molecule has 158 valence electrons. The Bertz CT molecular complexity index is 1000. The standard InChI is InChI=1S/C25H24N2O4/c28-24(16-11-19-7-3-1-4-8-19)26-23(20-9-5-2-6-10-20)17-18-31-22-14-12-21(13-15-22)25(29)27-30/h1-16,23,30H,17-18H2,(H,26,28)(H,27,29)/b16-11+. The average Bonchev–Trinajstić information content (AvgIpc) is 2.83. The van der Waals surface area contributed by atoms with Gasteiger partial charge in [-0.3, -0.25) is 14.8 Å². The average molecular weight is 416 g/mol. The zero-order valence-electron chi connectivity index (χ0n) is 16.9. The molecule has 0 saturated heterocycles. The van der Waals surface area contributed by atoms with Gasteiger partial charge in [0.1, 0.15) is 5.75 Å². The molecule has 3 N–H and O–H groups in total. The van der Waals surface area contributed by atoms with Gasteiger partial charge in [0.05, 0.1) is 12.6 Å². The van der Waals surface area contributed by atoms with Crippen LogP contribution >= 0.6 is 0 Å². The van der Waals surface area contributed by atoms with Gasteiger partial charge in [0.15, 0.2) is 0 Å². The van der Waals surface area contributed by atoms with Crippen molar-refractivity contribution in [1.82, 2.24) is 10.8 Å². The summed E-state index contributed by atoms with van der Waals surface area (Å²) in [4.78, 5) is 23.8. The highest BCUT2D eigenvalue weighted by Gasteiger charge is 2.13. The van der Waals surface area contributed by atoms with Gasteiger partial charge in [-0.1, -0.05) is 60.7 Å². The highest BCUT2D eigenvalue weighted by atomic mass is 16.5. The maximum Gasteiger partial charge on any atom is 0.274 e. The molecule has 0 aromatic heterocycles. The van der Waals surface area contributed by atoms with E-state index in [0.717, 1.165) is 11.1 Å². The lowest BCUT2D eigenvalue weighted by Gasteiger charge is -2.19. The van der Waals surface area contributed by atoms with E-state index in [0.29, 0.717) is 24.3 Å². The highest BCUT2D eigenvalue weighted by Crippen LogP contribution is 2.19. The van der Waals surface area contributed by atoms with Crippen LogP contribution in [0.2, 0.25) is 0 Å². The zero-order valence-corrected chi connectivity index (χ0v) is 16.9. The Labute approximate surface area is 181 Å². The summed E-state index contributed by atoms with van der Waals surface area (Å²) in [6.45, 7) is 0.369. The molecule has 3 aromatic carbocycles. The van der Waals surface area contributed by atoms with Crippen LogP contribution in [0, 0.1) is 0 Å². The van der Waals surface area contributed by atoms with E-state index in [1.54, 1.807) is 35.8 Å². The van der Waals surface area contributed by atoms with Gasteiger partial charge in [0.25, 0.3) is 5.91 Å². The number of benzene rings is 3. The van der Waals surface area contributed by atoms with Crippen LogP contribution in [0.5, 0.6) is 5.75 Å². The second kappa shape index (κ2) is 11.3. The molecule has 3 aromatic rings. The number of amides is 2. The SMILES string of the molecule is O=C(/C=C/c1ccccc1)NC(CCOc1ccc(C(=O)NO)cc1)c1ccccc1. The minimum Gasteiger partial charge on any atom is -0.494 e. The maximum atomic E-state index is 12.5. The molecule has 0 aliphatic rings. The van der Waals surface area contributed by atoms with Crippen molar-refractivity contribution >= 4 is 17.9 Å². The van der Waals surface area contributed by atoms with Gasteiger partial charge in [-0.05, 0) is 41.5 Å². The van der Waals surface area contributed by atoms with E-state index in [2.05, 4.69) is 5.32 Å². The van der Waals surface area contributed by atoms with Crippen molar-refractivity contribution in [2.75, 3.05) is 6.61 Å². The molecule has 6 heteroatoms. The predicted octanol–water partition coefficient (Wildman–Crippen LogP) is 4.15. The van der Waals surface area contributed by atoms with E-state index in [-0.39, 0.29) is 11.9 Å². The van der Waals surface area contributed by atoms with Gasteiger partial charge in [-0.15, -0.1) is 0 Å². The van der Waals surface area contributed by atoms with E-state index in [1.165, 1.54) is 6.08 Å². The van der Waals surface area contributed by atoms with E-state index in [4.69, 9.17) is 9.94 Å². The molecule has 0 heterocycles. The molecule has 0 fully saturated rings. The Morgan fingerprint density at radius 1 is 0.903 bits per heavy atom. The normalized spacial score (nSPS) is 11.6. The molecule has 0 bridgehead atoms. The Balaban J connectivity index is 1.60. The summed E-state index contributed by atoms with van der Waals surface area (Å²) in [6.07, 6.45) is 3.86. The van der Waals surface area contributed by atoms with Crippen LogP contribution in [0.25, 0.3) is 6.08 Å². The van der Waals surface area contributed by atoms with Crippen LogP contribution in [0.15, 0.2) is 91.0 Å². The molecule has 6 nitrogen and oxygen atoms in total. The molecule has 0 aliphatic carbocycles. The van der Waals surface area contributed by atoms with Crippen LogP contribution in [0.4, 0.5) is 0 Å². The Morgan fingerprint density at radius 3 is 2.19 bits per heavy atom. The third kappa shape index (κ3) is 6.83. The lowest BCUT2D eigenvalue weighted by molar-refractivity contribution is -0.117. The van der Waals surface area contributed by atoms with Crippen molar-refractivity contribution < 1.29 is 19.5 Å². The molecule has 0 saturated carbocycles. The molecule has 1 unspecified atom stereocenters. The number of carbonyl (C=O) groups is 2.